The molecule has 0 aliphatic carbocycles. The fourth-order valence-electron chi connectivity index (χ4n) is 2.91. The number of halogens is 2. The maximum atomic E-state index is 12.4. The Kier molecular flexibility index (Phi) is 7.95. The predicted octanol–water partition coefficient (Wildman–Crippen LogP) is 4.83. The lowest BCUT2D eigenvalue weighted by molar-refractivity contribution is -0.113. The maximum absolute atomic E-state index is 12.4. The molecule has 31 heavy (non-hydrogen) atoms. The molecule has 0 bridgehead atoms. The van der Waals surface area contributed by atoms with Crippen LogP contribution in [0, 0.1) is 0 Å². The average molecular weight is 478 g/mol. The molecule has 0 aliphatic heterocycles. The van der Waals surface area contributed by atoms with Crippen molar-refractivity contribution in [3.05, 3.63) is 70.0 Å². The smallest absolute Gasteiger partial charge is 0.251 e. The lowest BCUT2D eigenvalue weighted by Crippen LogP contribution is -2.28. The highest BCUT2D eigenvalue weighted by Crippen LogP contribution is 2.24. The van der Waals surface area contributed by atoms with E-state index in [0.29, 0.717) is 38.8 Å². The van der Waals surface area contributed by atoms with E-state index in [0.717, 1.165) is 0 Å². The van der Waals surface area contributed by atoms with Crippen LogP contribution in [0.1, 0.15) is 36.1 Å². The van der Waals surface area contributed by atoms with Gasteiger partial charge in [0.25, 0.3) is 5.91 Å². The third kappa shape index (κ3) is 6.22. The fraction of sp³-hybridized carbons (Fsp3) is 0.238. The number of amides is 2. The van der Waals surface area contributed by atoms with Gasteiger partial charge in [-0.3, -0.25) is 9.59 Å². The van der Waals surface area contributed by atoms with Crippen molar-refractivity contribution in [2.75, 3.05) is 11.1 Å². The summed E-state index contributed by atoms with van der Waals surface area (Å²) in [6, 6.07) is 13.5. The second-order valence-corrected chi connectivity index (χ2v) is 8.46. The second kappa shape index (κ2) is 10.7. The molecular weight excluding hydrogens is 457 g/mol. The standard InChI is InChI=1S/C21H21Cl2N5O2S/c1-3-28-19(13(2)24-20(30)14-7-5-4-6-8-14)26-27-21(28)31-12-18(29)25-17-10-15(22)9-16(23)11-17/h4-11,13H,3,12H2,1-2H3,(H,24,30)(H,25,29). The molecule has 3 rings (SSSR count). The summed E-state index contributed by atoms with van der Waals surface area (Å²) in [4.78, 5) is 24.7. The maximum Gasteiger partial charge on any atom is 0.251 e. The number of carbonyl (C=O) groups is 2. The summed E-state index contributed by atoms with van der Waals surface area (Å²) >= 11 is 13.2. The van der Waals surface area contributed by atoms with Crippen LogP contribution in [0.15, 0.2) is 53.7 Å². The van der Waals surface area contributed by atoms with Crippen LogP contribution in [-0.4, -0.2) is 32.3 Å². The number of aromatic nitrogens is 3. The summed E-state index contributed by atoms with van der Waals surface area (Å²) in [5.74, 6) is 0.345. The van der Waals surface area contributed by atoms with Gasteiger partial charge in [0, 0.05) is 27.8 Å². The zero-order valence-electron chi connectivity index (χ0n) is 16.9. The van der Waals surface area contributed by atoms with E-state index in [1.807, 2.05) is 36.6 Å². The van der Waals surface area contributed by atoms with Crippen molar-refractivity contribution in [2.24, 2.45) is 0 Å². The summed E-state index contributed by atoms with van der Waals surface area (Å²) in [6.07, 6.45) is 0. The molecule has 0 radical (unpaired) electrons. The van der Waals surface area contributed by atoms with E-state index < -0.39 is 0 Å². The molecule has 0 spiro atoms. The van der Waals surface area contributed by atoms with Gasteiger partial charge < -0.3 is 15.2 Å². The molecule has 2 N–H and O–H groups in total. The minimum atomic E-state index is -0.350. The summed E-state index contributed by atoms with van der Waals surface area (Å²) in [5.41, 5.74) is 1.10. The number of anilines is 1. The molecule has 10 heteroatoms. The number of thioether (sulfide) groups is 1. The van der Waals surface area contributed by atoms with E-state index in [9.17, 15) is 9.59 Å². The minimum absolute atomic E-state index is 0.132. The SMILES string of the molecule is CCn1c(SCC(=O)Nc2cc(Cl)cc(Cl)c2)nnc1C(C)NC(=O)c1ccccc1. The Morgan fingerprint density at radius 2 is 1.77 bits per heavy atom. The first-order valence-electron chi connectivity index (χ1n) is 9.55. The normalized spacial score (nSPS) is 11.7. The predicted molar refractivity (Wildman–Crippen MR) is 124 cm³/mol. The molecule has 0 fully saturated rings. The Hall–Kier alpha value is -2.55. The molecule has 162 valence electrons. The van der Waals surface area contributed by atoms with Gasteiger partial charge in [-0.2, -0.15) is 0 Å². The molecule has 0 saturated heterocycles. The lowest BCUT2D eigenvalue weighted by atomic mass is 10.2. The minimum Gasteiger partial charge on any atom is -0.342 e. The van der Waals surface area contributed by atoms with Gasteiger partial charge in [-0.15, -0.1) is 10.2 Å². The number of benzene rings is 2. The molecule has 1 unspecified atom stereocenters. The van der Waals surface area contributed by atoms with Gasteiger partial charge in [0.15, 0.2) is 11.0 Å². The van der Waals surface area contributed by atoms with Crippen LogP contribution in [0.4, 0.5) is 5.69 Å². The zero-order chi connectivity index (χ0) is 22.4. The van der Waals surface area contributed by atoms with Gasteiger partial charge in [-0.1, -0.05) is 53.2 Å². The lowest BCUT2D eigenvalue weighted by Gasteiger charge is -2.15. The molecule has 0 saturated carbocycles. The Labute approximate surface area is 194 Å². The van der Waals surface area contributed by atoms with E-state index in [1.165, 1.54) is 11.8 Å². The van der Waals surface area contributed by atoms with E-state index in [2.05, 4.69) is 20.8 Å². The molecule has 1 aromatic heterocycles. The van der Waals surface area contributed by atoms with Gasteiger partial charge in [0.1, 0.15) is 0 Å². The molecule has 1 heterocycles. The van der Waals surface area contributed by atoms with E-state index in [1.54, 1.807) is 30.3 Å². The highest BCUT2D eigenvalue weighted by Gasteiger charge is 2.20. The second-order valence-electron chi connectivity index (χ2n) is 6.64. The summed E-state index contributed by atoms with van der Waals surface area (Å²) in [6.45, 7) is 4.40. The molecule has 0 aliphatic rings. The van der Waals surface area contributed by atoms with Crippen LogP contribution in [0.5, 0.6) is 0 Å². The van der Waals surface area contributed by atoms with Crippen LogP contribution in [0.2, 0.25) is 10.0 Å². The van der Waals surface area contributed by atoms with Crippen molar-refractivity contribution in [2.45, 2.75) is 31.6 Å². The highest BCUT2D eigenvalue weighted by molar-refractivity contribution is 7.99. The molecular formula is C21H21Cl2N5O2S. The third-order valence-corrected chi connectivity index (χ3v) is 5.71. The topological polar surface area (TPSA) is 88.9 Å². The van der Waals surface area contributed by atoms with Crippen molar-refractivity contribution in [3.63, 3.8) is 0 Å². The van der Waals surface area contributed by atoms with Crippen molar-refractivity contribution in [1.29, 1.82) is 0 Å². The monoisotopic (exact) mass is 477 g/mol. The van der Waals surface area contributed by atoms with E-state index >= 15 is 0 Å². The largest absolute Gasteiger partial charge is 0.342 e. The third-order valence-electron chi connectivity index (χ3n) is 4.31. The van der Waals surface area contributed by atoms with Crippen molar-refractivity contribution in [1.82, 2.24) is 20.1 Å². The Morgan fingerprint density at radius 1 is 1.10 bits per heavy atom. The van der Waals surface area contributed by atoms with Crippen molar-refractivity contribution < 1.29 is 9.59 Å². The number of carbonyl (C=O) groups excluding carboxylic acids is 2. The molecule has 2 amide bonds. The zero-order valence-corrected chi connectivity index (χ0v) is 19.3. The fourth-order valence-corrected chi connectivity index (χ4v) is 4.25. The van der Waals surface area contributed by atoms with Crippen molar-refractivity contribution in [3.8, 4) is 0 Å². The van der Waals surface area contributed by atoms with Crippen LogP contribution in [0.3, 0.4) is 0 Å². The Balaban J connectivity index is 1.62. The highest BCUT2D eigenvalue weighted by atomic mass is 35.5. The Morgan fingerprint density at radius 3 is 2.42 bits per heavy atom. The van der Waals surface area contributed by atoms with Gasteiger partial charge in [-0.25, -0.2) is 0 Å². The van der Waals surface area contributed by atoms with Gasteiger partial charge in [0.05, 0.1) is 11.8 Å². The summed E-state index contributed by atoms with van der Waals surface area (Å²) in [7, 11) is 0. The summed E-state index contributed by atoms with van der Waals surface area (Å²) < 4.78 is 1.88. The first kappa shape index (κ1) is 23.1. The van der Waals surface area contributed by atoms with Crippen LogP contribution < -0.4 is 10.6 Å². The molecule has 2 aromatic carbocycles. The molecule has 1 atom stereocenters. The quantitative estimate of drug-likeness (QED) is 0.453. The number of hydrogen-bond acceptors (Lipinski definition) is 5. The van der Waals surface area contributed by atoms with E-state index in [4.69, 9.17) is 23.2 Å². The van der Waals surface area contributed by atoms with E-state index in [-0.39, 0.29) is 23.6 Å². The first-order chi connectivity index (χ1) is 14.9. The number of rotatable bonds is 8. The van der Waals surface area contributed by atoms with Crippen molar-refractivity contribution >= 4 is 52.5 Å². The van der Waals surface area contributed by atoms with Gasteiger partial charge in [-0.05, 0) is 44.2 Å². The molecule has 3 aromatic rings. The number of nitrogens with one attached hydrogen (secondary N) is 2. The number of hydrogen-bond donors (Lipinski definition) is 2. The van der Waals surface area contributed by atoms with Gasteiger partial charge in [0.2, 0.25) is 5.91 Å². The van der Waals surface area contributed by atoms with Crippen LogP contribution in [0.25, 0.3) is 0 Å². The van der Waals surface area contributed by atoms with Crippen LogP contribution >= 0.6 is 35.0 Å². The van der Waals surface area contributed by atoms with Gasteiger partial charge >= 0.3 is 0 Å². The average Bonchev–Trinajstić information content (AvgIpc) is 3.15. The Bertz CT molecular complexity index is 1050. The first-order valence-corrected chi connectivity index (χ1v) is 11.3. The molecule has 7 nitrogen and oxygen atoms in total. The summed E-state index contributed by atoms with van der Waals surface area (Å²) in [5, 5.41) is 15.6. The number of nitrogens with zero attached hydrogens (tertiary/aromatic N) is 3. The van der Waals surface area contributed by atoms with Crippen LogP contribution in [-0.2, 0) is 11.3 Å².